The monoisotopic (exact) mass is 202 g/mol. The number of nitrogens with one attached hydrogen (secondary N) is 2. The molecule has 0 aliphatic carbocycles. The van der Waals surface area contributed by atoms with Gasteiger partial charge in [0.1, 0.15) is 0 Å². The molecule has 2 aromatic rings. The molecule has 0 atom stereocenters. The fourth-order valence-corrected chi connectivity index (χ4v) is 1.45. The van der Waals surface area contributed by atoms with Gasteiger partial charge in [-0.3, -0.25) is 4.79 Å². The molecule has 1 aromatic heterocycles. The van der Waals surface area contributed by atoms with Crippen LogP contribution in [0.4, 0.5) is 0 Å². The summed E-state index contributed by atoms with van der Waals surface area (Å²) >= 11 is 0. The maximum Gasteiger partial charge on any atom is 0.211 e. The maximum absolute atomic E-state index is 10.2. The Bertz CT molecular complexity index is 528. The Labute approximate surface area is 86.2 Å². The van der Waals surface area contributed by atoms with Crippen LogP contribution in [-0.2, 0) is 4.79 Å². The van der Waals surface area contributed by atoms with Gasteiger partial charge in [-0.2, -0.15) is 0 Å². The first-order valence-electron chi connectivity index (χ1n) is 4.42. The Hall–Kier alpha value is -2.23. The lowest BCUT2D eigenvalue weighted by Gasteiger charge is -2.03. The summed E-state index contributed by atoms with van der Waals surface area (Å²) in [5.74, 6) is 0.121. The zero-order chi connectivity index (χ0) is 10.8. The molecule has 0 saturated carbocycles. The fraction of sp³-hybridized carbons (Fsp3) is 0. The van der Waals surface area contributed by atoms with E-state index in [1.54, 1.807) is 6.07 Å². The van der Waals surface area contributed by atoms with E-state index in [1.165, 1.54) is 0 Å². The van der Waals surface area contributed by atoms with Crippen LogP contribution >= 0.6 is 0 Å². The maximum atomic E-state index is 10.2. The van der Waals surface area contributed by atoms with Crippen LogP contribution in [0.2, 0.25) is 0 Å². The Morgan fingerprint density at radius 3 is 3.00 bits per heavy atom. The van der Waals surface area contributed by atoms with E-state index < -0.39 is 0 Å². The van der Waals surface area contributed by atoms with Gasteiger partial charge < -0.3 is 15.4 Å². The topological polar surface area (TPSA) is 65.1 Å². The second-order valence-corrected chi connectivity index (χ2v) is 3.20. The summed E-state index contributed by atoms with van der Waals surface area (Å²) in [6, 6.07) is 7.12. The Morgan fingerprint density at radius 1 is 1.47 bits per heavy atom. The van der Waals surface area contributed by atoms with Crippen LogP contribution in [0.3, 0.4) is 0 Å². The van der Waals surface area contributed by atoms with Gasteiger partial charge in [0, 0.05) is 22.7 Å². The average molecular weight is 202 g/mol. The van der Waals surface area contributed by atoms with Crippen molar-refractivity contribution in [1.82, 2.24) is 10.3 Å². The molecule has 0 radical (unpaired) electrons. The van der Waals surface area contributed by atoms with Gasteiger partial charge in [0.25, 0.3) is 0 Å². The summed E-state index contributed by atoms with van der Waals surface area (Å²) in [5.41, 5.74) is 2.14. The van der Waals surface area contributed by atoms with Gasteiger partial charge in [-0.05, 0) is 11.6 Å². The van der Waals surface area contributed by atoms with E-state index in [0.29, 0.717) is 12.1 Å². The molecule has 0 saturated heterocycles. The predicted octanol–water partition coefficient (Wildman–Crippen LogP) is 1.59. The largest absolute Gasteiger partial charge is 0.495 e. The molecule has 1 heterocycles. The third-order valence-electron chi connectivity index (χ3n) is 2.19. The van der Waals surface area contributed by atoms with E-state index in [4.69, 9.17) is 0 Å². The number of H-pyrrole nitrogens is 1. The van der Waals surface area contributed by atoms with Gasteiger partial charge in [-0.1, -0.05) is 18.7 Å². The van der Waals surface area contributed by atoms with Crippen LogP contribution in [0.1, 0.15) is 5.56 Å². The number of aromatic hydroxyl groups is 1. The molecule has 0 aliphatic heterocycles. The third kappa shape index (κ3) is 1.69. The molecule has 0 aliphatic rings. The molecule has 0 bridgehead atoms. The number of hydrogen-bond acceptors (Lipinski definition) is 2. The Kier molecular flexibility index (Phi) is 2.17. The first kappa shape index (κ1) is 9.33. The average Bonchev–Trinajstić information content (AvgIpc) is 2.57. The van der Waals surface area contributed by atoms with Crippen LogP contribution in [0.5, 0.6) is 5.88 Å². The van der Waals surface area contributed by atoms with Gasteiger partial charge >= 0.3 is 0 Å². The summed E-state index contributed by atoms with van der Waals surface area (Å²) < 4.78 is 0. The van der Waals surface area contributed by atoms with Crippen molar-refractivity contribution >= 4 is 23.0 Å². The van der Waals surface area contributed by atoms with Crippen molar-refractivity contribution in [2.75, 3.05) is 0 Å². The normalized spacial score (nSPS) is 10.1. The predicted molar refractivity (Wildman–Crippen MR) is 58.2 cm³/mol. The van der Waals surface area contributed by atoms with Crippen LogP contribution in [0, 0.1) is 0 Å². The van der Waals surface area contributed by atoms with Crippen molar-refractivity contribution in [2.45, 2.75) is 0 Å². The lowest BCUT2D eigenvalue weighted by Crippen LogP contribution is -2.07. The van der Waals surface area contributed by atoms with Gasteiger partial charge in [0.2, 0.25) is 6.41 Å². The second kappa shape index (κ2) is 3.49. The van der Waals surface area contributed by atoms with Crippen LogP contribution in [0.15, 0.2) is 30.8 Å². The number of hydrogen-bond donors (Lipinski definition) is 3. The highest BCUT2D eigenvalue weighted by atomic mass is 16.3. The summed E-state index contributed by atoms with van der Waals surface area (Å²) in [4.78, 5) is 13.0. The number of carbonyl (C=O) groups excluding carboxylic acids is 1. The number of aromatic amines is 1. The van der Waals surface area contributed by atoms with E-state index in [1.807, 2.05) is 18.2 Å². The number of benzene rings is 1. The van der Waals surface area contributed by atoms with Gasteiger partial charge in [-0.15, -0.1) is 0 Å². The number of carbonyl (C=O) groups is 1. The van der Waals surface area contributed by atoms with E-state index in [0.717, 1.165) is 16.5 Å². The molecule has 0 fully saturated rings. The van der Waals surface area contributed by atoms with E-state index in [9.17, 15) is 9.90 Å². The van der Waals surface area contributed by atoms with Crippen LogP contribution in [-0.4, -0.2) is 16.5 Å². The molecule has 1 amide bonds. The Balaban J connectivity index is 2.46. The first-order valence-corrected chi connectivity index (χ1v) is 4.42. The van der Waals surface area contributed by atoms with Gasteiger partial charge in [0.05, 0.1) is 0 Å². The molecule has 15 heavy (non-hydrogen) atoms. The lowest BCUT2D eigenvalue weighted by atomic mass is 10.1. The van der Waals surface area contributed by atoms with Crippen LogP contribution in [0.25, 0.3) is 16.6 Å². The number of fused-ring (bicyclic) bond motifs is 1. The summed E-state index contributed by atoms with van der Waals surface area (Å²) in [7, 11) is 0. The summed E-state index contributed by atoms with van der Waals surface area (Å²) in [5, 5.41) is 12.6. The molecule has 4 nitrogen and oxygen atoms in total. The summed E-state index contributed by atoms with van der Waals surface area (Å²) in [6.07, 6.45) is 0.582. The van der Waals surface area contributed by atoms with Crippen molar-refractivity contribution < 1.29 is 9.90 Å². The quantitative estimate of drug-likeness (QED) is 0.662. The van der Waals surface area contributed by atoms with Crippen molar-refractivity contribution in [3.8, 4) is 5.88 Å². The first-order chi connectivity index (χ1) is 7.20. The smallest absolute Gasteiger partial charge is 0.211 e. The van der Waals surface area contributed by atoms with Crippen molar-refractivity contribution in [3.63, 3.8) is 0 Å². The van der Waals surface area contributed by atoms with E-state index in [-0.39, 0.29) is 5.88 Å². The van der Waals surface area contributed by atoms with E-state index >= 15 is 0 Å². The molecular formula is C11H10N2O2. The summed E-state index contributed by atoms with van der Waals surface area (Å²) in [6.45, 7) is 3.71. The third-order valence-corrected chi connectivity index (χ3v) is 2.19. The highest BCUT2D eigenvalue weighted by Gasteiger charge is 2.02. The molecule has 3 N–H and O–H groups in total. The number of rotatable bonds is 3. The minimum Gasteiger partial charge on any atom is -0.495 e. The fourth-order valence-electron chi connectivity index (χ4n) is 1.45. The molecule has 0 spiro atoms. The SMILES string of the molecule is C=C(NC=O)c1ccc2cc(O)[nH]c2c1. The molecule has 76 valence electrons. The van der Waals surface area contributed by atoms with Gasteiger partial charge in [0.15, 0.2) is 5.88 Å². The van der Waals surface area contributed by atoms with Crippen molar-refractivity contribution in [3.05, 3.63) is 36.4 Å². The second-order valence-electron chi connectivity index (χ2n) is 3.20. The molecule has 4 heteroatoms. The minimum atomic E-state index is 0.121. The number of aromatic nitrogens is 1. The molecular weight excluding hydrogens is 192 g/mol. The number of amides is 1. The van der Waals surface area contributed by atoms with E-state index in [2.05, 4.69) is 16.9 Å². The zero-order valence-electron chi connectivity index (χ0n) is 7.95. The highest BCUT2D eigenvalue weighted by molar-refractivity contribution is 5.85. The minimum absolute atomic E-state index is 0.121. The molecule has 0 unspecified atom stereocenters. The standard InChI is InChI=1S/C11H10N2O2/c1-7(12-6-14)8-2-3-9-5-11(15)13-10(9)4-8/h2-6,13,15H,1H2,(H,12,14). The highest BCUT2D eigenvalue weighted by Crippen LogP contribution is 2.22. The lowest BCUT2D eigenvalue weighted by molar-refractivity contribution is -0.108. The molecule has 1 aromatic carbocycles. The van der Waals surface area contributed by atoms with Crippen molar-refractivity contribution in [1.29, 1.82) is 0 Å². The van der Waals surface area contributed by atoms with Crippen molar-refractivity contribution in [2.24, 2.45) is 0 Å². The molecule has 2 rings (SSSR count). The van der Waals surface area contributed by atoms with Gasteiger partial charge in [-0.25, -0.2) is 0 Å². The van der Waals surface area contributed by atoms with Crippen LogP contribution < -0.4 is 5.32 Å². The zero-order valence-corrected chi connectivity index (χ0v) is 7.95. The Morgan fingerprint density at radius 2 is 2.27 bits per heavy atom.